The first-order chi connectivity index (χ1) is 14.5. The molecular weight excluding hydrogens is 378 g/mol. The van der Waals surface area contributed by atoms with Gasteiger partial charge < -0.3 is 15.0 Å². The lowest BCUT2D eigenvalue weighted by Gasteiger charge is -2.18. The number of carbonyl (C=O) groups is 2. The molecule has 3 aromatic carbocycles. The molecule has 0 saturated carbocycles. The number of rotatable bonds is 6. The number of carboxylic acid groups (broad SMARTS) is 1. The first-order valence-electron chi connectivity index (χ1n) is 9.62. The van der Waals surface area contributed by atoms with Crippen LogP contribution < -0.4 is 5.32 Å². The van der Waals surface area contributed by atoms with Crippen LogP contribution in [0.4, 0.5) is 5.69 Å². The Morgan fingerprint density at radius 3 is 2.57 bits per heavy atom. The summed E-state index contributed by atoms with van der Waals surface area (Å²) >= 11 is 0. The molecule has 0 saturated heterocycles. The van der Waals surface area contributed by atoms with E-state index in [1.54, 1.807) is 24.5 Å². The maximum atomic E-state index is 12.5. The molecule has 0 aliphatic rings. The number of amides is 1. The Labute approximate surface area is 173 Å². The third-order valence-electron chi connectivity index (χ3n) is 5.00. The van der Waals surface area contributed by atoms with E-state index in [0.29, 0.717) is 16.8 Å². The second-order valence-corrected chi connectivity index (χ2v) is 7.20. The first kappa shape index (κ1) is 19.4. The molecule has 0 aliphatic heterocycles. The van der Waals surface area contributed by atoms with E-state index in [2.05, 4.69) is 10.3 Å². The zero-order valence-corrected chi connectivity index (χ0v) is 16.4. The van der Waals surface area contributed by atoms with Gasteiger partial charge in [0.05, 0.1) is 29.8 Å². The first-order valence-corrected chi connectivity index (χ1v) is 9.62. The van der Waals surface area contributed by atoms with Crippen LogP contribution in [0, 0.1) is 6.92 Å². The number of hydrogen-bond acceptors (Lipinski definition) is 3. The SMILES string of the molecule is Cc1cccc(C(=O)Nc2ccc3c(c2)ncn3C(CC(=O)O)c2ccccc2)c1. The molecule has 6 nitrogen and oxygen atoms in total. The Morgan fingerprint density at radius 1 is 1.03 bits per heavy atom. The predicted octanol–water partition coefficient (Wildman–Crippen LogP) is 4.66. The van der Waals surface area contributed by atoms with Crippen molar-refractivity contribution in [3.05, 3.63) is 95.8 Å². The monoisotopic (exact) mass is 399 g/mol. The molecule has 0 spiro atoms. The van der Waals surface area contributed by atoms with Crippen LogP contribution in [0.2, 0.25) is 0 Å². The second-order valence-electron chi connectivity index (χ2n) is 7.20. The van der Waals surface area contributed by atoms with Gasteiger partial charge in [-0.3, -0.25) is 9.59 Å². The number of hydrogen-bond donors (Lipinski definition) is 2. The minimum Gasteiger partial charge on any atom is -0.481 e. The van der Waals surface area contributed by atoms with Gasteiger partial charge in [0.25, 0.3) is 5.91 Å². The molecule has 0 bridgehead atoms. The molecule has 2 N–H and O–H groups in total. The van der Waals surface area contributed by atoms with Crippen molar-refractivity contribution in [1.82, 2.24) is 9.55 Å². The minimum absolute atomic E-state index is 0.0542. The van der Waals surface area contributed by atoms with Gasteiger partial charge in [-0.25, -0.2) is 4.98 Å². The van der Waals surface area contributed by atoms with Crippen molar-refractivity contribution >= 4 is 28.6 Å². The van der Waals surface area contributed by atoms with Crippen molar-refractivity contribution in [2.45, 2.75) is 19.4 Å². The summed E-state index contributed by atoms with van der Waals surface area (Å²) in [6, 6.07) is 22.0. The lowest BCUT2D eigenvalue weighted by molar-refractivity contribution is -0.137. The van der Waals surface area contributed by atoms with Gasteiger partial charge in [0.15, 0.2) is 0 Å². The Morgan fingerprint density at radius 2 is 1.83 bits per heavy atom. The number of nitrogens with one attached hydrogen (secondary N) is 1. The Kier molecular flexibility index (Phi) is 5.30. The van der Waals surface area contributed by atoms with Crippen LogP contribution >= 0.6 is 0 Å². The maximum absolute atomic E-state index is 12.5. The quantitative estimate of drug-likeness (QED) is 0.494. The molecule has 6 heteroatoms. The molecule has 4 rings (SSSR count). The summed E-state index contributed by atoms with van der Waals surface area (Å²) in [5.41, 5.74) is 4.63. The van der Waals surface area contributed by atoms with E-state index in [4.69, 9.17) is 0 Å². The van der Waals surface area contributed by atoms with Crippen molar-refractivity contribution < 1.29 is 14.7 Å². The van der Waals surface area contributed by atoms with E-state index in [1.165, 1.54) is 0 Å². The Hall–Kier alpha value is -3.93. The van der Waals surface area contributed by atoms with Gasteiger partial charge >= 0.3 is 5.97 Å². The normalized spacial score (nSPS) is 11.9. The number of anilines is 1. The van der Waals surface area contributed by atoms with E-state index in [0.717, 1.165) is 16.6 Å². The summed E-state index contributed by atoms with van der Waals surface area (Å²) in [6.45, 7) is 1.94. The average molecular weight is 399 g/mol. The van der Waals surface area contributed by atoms with Gasteiger partial charge in [0.2, 0.25) is 0 Å². The summed E-state index contributed by atoms with van der Waals surface area (Å²) < 4.78 is 1.87. The maximum Gasteiger partial charge on any atom is 0.305 e. The molecule has 0 fully saturated rings. The molecule has 150 valence electrons. The second kappa shape index (κ2) is 8.21. The number of carboxylic acids is 1. The molecular formula is C24H21N3O3. The van der Waals surface area contributed by atoms with Gasteiger partial charge in [-0.1, -0.05) is 48.0 Å². The highest BCUT2D eigenvalue weighted by molar-refractivity contribution is 6.05. The molecule has 1 unspecified atom stereocenters. The fourth-order valence-corrected chi connectivity index (χ4v) is 3.56. The molecule has 1 amide bonds. The number of carbonyl (C=O) groups excluding carboxylic acids is 1. The summed E-state index contributed by atoms with van der Waals surface area (Å²) in [7, 11) is 0. The lowest BCUT2D eigenvalue weighted by atomic mass is 10.0. The number of aryl methyl sites for hydroxylation is 1. The fourth-order valence-electron chi connectivity index (χ4n) is 3.56. The van der Waals surface area contributed by atoms with Crippen LogP contribution in [0.3, 0.4) is 0 Å². The molecule has 0 radical (unpaired) electrons. The standard InChI is InChI=1S/C24H21N3O3/c1-16-6-5-9-18(12-16)24(30)26-19-10-11-21-20(13-19)25-15-27(21)22(14-23(28)29)17-7-3-2-4-8-17/h2-13,15,22H,14H2,1H3,(H,26,30)(H,28,29). The van der Waals surface area contributed by atoms with E-state index < -0.39 is 5.97 Å². The third kappa shape index (κ3) is 4.07. The Balaban J connectivity index is 1.64. The van der Waals surface area contributed by atoms with Crippen LogP contribution in [0.15, 0.2) is 79.1 Å². The van der Waals surface area contributed by atoms with Crippen molar-refractivity contribution in [2.75, 3.05) is 5.32 Å². The van der Waals surface area contributed by atoms with E-state index in [-0.39, 0.29) is 18.4 Å². The smallest absolute Gasteiger partial charge is 0.305 e. The zero-order valence-electron chi connectivity index (χ0n) is 16.4. The fraction of sp³-hybridized carbons (Fsp3) is 0.125. The molecule has 1 atom stereocenters. The highest BCUT2D eigenvalue weighted by Gasteiger charge is 2.20. The van der Waals surface area contributed by atoms with Crippen LogP contribution in [-0.4, -0.2) is 26.5 Å². The topological polar surface area (TPSA) is 84.2 Å². The number of aromatic nitrogens is 2. The van der Waals surface area contributed by atoms with E-state index >= 15 is 0 Å². The van der Waals surface area contributed by atoms with Crippen LogP contribution in [0.5, 0.6) is 0 Å². The third-order valence-corrected chi connectivity index (χ3v) is 5.00. The van der Waals surface area contributed by atoms with Gasteiger partial charge in [-0.05, 0) is 42.8 Å². The molecule has 4 aromatic rings. The van der Waals surface area contributed by atoms with Crippen molar-refractivity contribution in [1.29, 1.82) is 0 Å². The van der Waals surface area contributed by atoms with Gasteiger partial charge in [-0.2, -0.15) is 0 Å². The highest BCUT2D eigenvalue weighted by atomic mass is 16.4. The van der Waals surface area contributed by atoms with E-state index in [1.807, 2.05) is 66.1 Å². The number of aliphatic carboxylic acids is 1. The number of benzene rings is 3. The summed E-state index contributed by atoms with van der Waals surface area (Å²) in [4.78, 5) is 28.4. The lowest BCUT2D eigenvalue weighted by Crippen LogP contribution is -2.14. The summed E-state index contributed by atoms with van der Waals surface area (Å²) in [5.74, 6) is -1.07. The predicted molar refractivity (Wildman–Crippen MR) is 116 cm³/mol. The van der Waals surface area contributed by atoms with Gasteiger partial charge in [0, 0.05) is 11.3 Å². The summed E-state index contributed by atoms with van der Waals surface area (Å²) in [6.07, 6.45) is 1.60. The molecule has 1 aromatic heterocycles. The summed E-state index contributed by atoms with van der Waals surface area (Å²) in [5, 5.41) is 12.3. The molecule has 30 heavy (non-hydrogen) atoms. The number of fused-ring (bicyclic) bond motifs is 1. The zero-order chi connectivity index (χ0) is 21.1. The number of nitrogens with zero attached hydrogens (tertiary/aromatic N) is 2. The molecule has 0 aliphatic carbocycles. The minimum atomic E-state index is -0.882. The van der Waals surface area contributed by atoms with Crippen molar-refractivity contribution in [3.63, 3.8) is 0 Å². The van der Waals surface area contributed by atoms with Gasteiger partial charge in [0.1, 0.15) is 0 Å². The highest BCUT2D eigenvalue weighted by Crippen LogP contribution is 2.28. The van der Waals surface area contributed by atoms with Gasteiger partial charge in [-0.15, -0.1) is 0 Å². The van der Waals surface area contributed by atoms with Crippen molar-refractivity contribution in [3.8, 4) is 0 Å². The van der Waals surface area contributed by atoms with Crippen LogP contribution in [0.25, 0.3) is 11.0 Å². The van der Waals surface area contributed by atoms with E-state index in [9.17, 15) is 14.7 Å². The average Bonchev–Trinajstić information content (AvgIpc) is 3.15. The van der Waals surface area contributed by atoms with Crippen LogP contribution in [-0.2, 0) is 4.79 Å². The Bertz CT molecular complexity index is 1210. The van der Waals surface area contributed by atoms with Crippen molar-refractivity contribution in [2.24, 2.45) is 0 Å². The molecule has 1 heterocycles. The van der Waals surface area contributed by atoms with Crippen LogP contribution in [0.1, 0.15) is 33.9 Å². The largest absolute Gasteiger partial charge is 0.481 e. The number of imidazole rings is 1.